The van der Waals surface area contributed by atoms with Gasteiger partial charge in [0, 0.05) is 0 Å². The maximum absolute atomic E-state index is 5.22. The predicted molar refractivity (Wildman–Crippen MR) is 62.2 cm³/mol. The van der Waals surface area contributed by atoms with Gasteiger partial charge in [-0.25, -0.2) is 0 Å². The van der Waals surface area contributed by atoms with Crippen molar-refractivity contribution >= 4 is 0 Å². The van der Waals surface area contributed by atoms with Crippen LogP contribution in [0.2, 0.25) is 0 Å². The van der Waals surface area contributed by atoms with Crippen LogP contribution < -0.4 is 14.2 Å². The highest BCUT2D eigenvalue weighted by Gasteiger charge is 2.11. The molecule has 3 heteroatoms. The van der Waals surface area contributed by atoms with Crippen molar-refractivity contribution in [2.45, 2.75) is 20.8 Å². The Morgan fingerprint density at radius 2 is 1.40 bits per heavy atom. The lowest BCUT2D eigenvalue weighted by Crippen LogP contribution is -1.96. The monoisotopic (exact) mass is 212 g/mol. The summed E-state index contributed by atoms with van der Waals surface area (Å²) in [6.45, 7) is 2.08. The highest BCUT2D eigenvalue weighted by molar-refractivity contribution is 5.53. The average molecular weight is 212 g/mol. The summed E-state index contributed by atoms with van der Waals surface area (Å²) in [7, 11) is 4.85. The molecule has 0 saturated carbocycles. The first-order valence-corrected chi connectivity index (χ1v) is 4.55. The van der Waals surface area contributed by atoms with E-state index in [1.807, 2.05) is 12.1 Å². The molecule has 0 atom stereocenters. The van der Waals surface area contributed by atoms with Crippen molar-refractivity contribution in [2.75, 3.05) is 21.3 Å². The molecule has 0 fully saturated rings. The third-order valence-corrected chi connectivity index (χ3v) is 2.13. The van der Waals surface area contributed by atoms with Gasteiger partial charge in [-0.1, -0.05) is 14.4 Å². The molecule has 0 N–H and O–H groups in total. The summed E-state index contributed by atoms with van der Waals surface area (Å²) < 4.78 is 15.6. The minimum Gasteiger partial charge on any atom is -0.493 e. The average Bonchev–Trinajstić information content (AvgIpc) is 2.26. The normalized spacial score (nSPS) is 9.07. The van der Waals surface area contributed by atoms with Crippen LogP contribution in [0, 0.1) is 0 Å². The molecule has 0 aliphatic heterocycles. The maximum Gasteiger partial charge on any atom is 0.203 e. The van der Waals surface area contributed by atoms with Gasteiger partial charge < -0.3 is 14.2 Å². The van der Waals surface area contributed by atoms with Crippen LogP contribution in [0.1, 0.15) is 19.9 Å². The molecular formula is C12H20O3. The van der Waals surface area contributed by atoms with E-state index in [1.54, 1.807) is 21.3 Å². The molecule has 0 radical (unpaired) electrons. The van der Waals surface area contributed by atoms with Crippen LogP contribution in [0.25, 0.3) is 0 Å². The van der Waals surface area contributed by atoms with Gasteiger partial charge in [-0.05, 0) is 24.1 Å². The van der Waals surface area contributed by atoms with Gasteiger partial charge in [-0.3, -0.25) is 0 Å². The Bertz CT molecular complexity index is 283. The minimum atomic E-state index is 0. The fourth-order valence-corrected chi connectivity index (χ4v) is 1.34. The van der Waals surface area contributed by atoms with Crippen molar-refractivity contribution < 1.29 is 14.2 Å². The SMILES string of the molecule is C.CCc1cc(OC)c(OC)c(OC)c1. The Morgan fingerprint density at radius 1 is 0.933 bits per heavy atom. The van der Waals surface area contributed by atoms with E-state index in [0.717, 1.165) is 6.42 Å². The first-order valence-electron chi connectivity index (χ1n) is 4.55. The first kappa shape index (κ1) is 13.6. The third-order valence-electron chi connectivity index (χ3n) is 2.13. The van der Waals surface area contributed by atoms with Gasteiger partial charge in [0.1, 0.15) is 0 Å². The van der Waals surface area contributed by atoms with Crippen LogP contribution in [-0.2, 0) is 6.42 Å². The standard InChI is InChI=1S/C11H16O3.CH4/c1-5-8-6-9(12-2)11(14-4)10(7-8)13-3;/h6-7H,5H2,1-4H3;1H4. The van der Waals surface area contributed by atoms with Crippen molar-refractivity contribution in [3.8, 4) is 17.2 Å². The lowest BCUT2D eigenvalue weighted by Gasteiger charge is -2.13. The van der Waals surface area contributed by atoms with E-state index < -0.39 is 0 Å². The van der Waals surface area contributed by atoms with Crippen molar-refractivity contribution in [2.24, 2.45) is 0 Å². The van der Waals surface area contributed by atoms with E-state index in [2.05, 4.69) is 6.92 Å². The molecule has 0 saturated heterocycles. The topological polar surface area (TPSA) is 27.7 Å². The minimum absolute atomic E-state index is 0. The molecule has 0 heterocycles. The maximum atomic E-state index is 5.22. The van der Waals surface area contributed by atoms with Crippen LogP contribution in [0.4, 0.5) is 0 Å². The molecule has 0 aliphatic rings. The van der Waals surface area contributed by atoms with E-state index >= 15 is 0 Å². The summed E-state index contributed by atoms with van der Waals surface area (Å²) in [5.74, 6) is 2.07. The summed E-state index contributed by atoms with van der Waals surface area (Å²) in [4.78, 5) is 0. The van der Waals surface area contributed by atoms with Crippen molar-refractivity contribution in [3.05, 3.63) is 17.7 Å². The number of aryl methyl sites for hydroxylation is 1. The Kier molecular flexibility index (Phi) is 5.60. The lowest BCUT2D eigenvalue weighted by molar-refractivity contribution is 0.324. The first-order chi connectivity index (χ1) is 6.76. The highest BCUT2D eigenvalue weighted by atomic mass is 16.5. The molecule has 1 aromatic carbocycles. The second kappa shape index (κ2) is 6.17. The van der Waals surface area contributed by atoms with E-state index in [-0.39, 0.29) is 7.43 Å². The van der Waals surface area contributed by atoms with Gasteiger partial charge in [0.15, 0.2) is 11.5 Å². The van der Waals surface area contributed by atoms with E-state index in [0.29, 0.717) is 17.2 Å². The van der Waals surface area contributed by atoms with Gasteiger partial charge in [-0.2, -0.15) is 0 Å². The number of benzene rings is 1. The molecule has 3 nitrogen and oxygen atoms in total. The van der Waals surface area contributed by atoms with Gasteiger partial charge in [0.2, 0.25) is 5.75 Å². The zero-order valence-electron chi connectivity index (χ0n) is 9.09. The molecule has 0 aliphatic carbocycles. The predicted octanol–water partition coefficient (Wildman–Crippen LogP) is 2.91. The zero-order valence-corrected chi connectivity index (χ0v) is 9.09. The smallest absolute Gasteiger partial charge is 0.203 e. The van der Waals surface area contributed by atoms with E-state index in [9.17, 15) is 0 Å². The zero-order chi connectivity index (χ0) is 10.6. The number of hydrogen-bond donors (Lipinski definition) is 0. The van der Waals surface area contributed by atoms with Gasteiger partial charge in [-0.15, -0.1) is 0 Å². The Hall–Kier alpha value is -1.38. The van der Waals surface area contributed by atoms with Gasteiger partial charge in [0.25, 0.3) is 0 Å². The number of rotatable bonds is 4. The fraction of sp³-hybridized carbons (Fsp3) is 0.500. The Balaban J connectivity index is 0.00000196. The molecule has 15 heavy (non-hydrogen) atoms. The molecule has 0 bridgehead atoms. The summed E-state index contributed by atoms with van der Waals surface area (Å²) >= 11 is 0. The largest absolute Gasteiger partial charge is 0.493 e. The second-order valence-corrected chi connectivity index (χ2v) is 2.89. The summed E-state index contributed by atoms with van der Waals surface area (Å²) in [6.07, 6.45) is 0.941. The lowest BCUT2D eigenvalue weighted by atomic mass is 10.1. The fourth-order valence-electron chi connectivity index (χ4n) is 1.34. The summed E-state index contributed by atoms with van der Waals surface area (Å²) in [6, 6.07) is 3.92. The Morgan fingerprint density at radius 3 is 1.67 bits per heavy atom. The molecular weight excluding hydrogens is 192 g/mol. The highest BCUT2D eigenvalue weighted by Crippen LogP contribution is 2.38. The number of ether oxygens (including phenoxy) is 3. The third kappa shape index (κ3) is 2.78. The molecule has 1 rings (SSSR count). The molecule has 86 valence electrons. The van der Waals surface area contributed by atoms with E-state index in [1.165, 1.54) is 5.56 Å². The van der Waals surface area contributed by atoms with Crippen LogP contribution in [0.5, 0.6) is 17.2 Å². The van der Waals surface area contributed by atoms with Crippen molar-refractivity contribution in [1.29, 1.82) is 0 Å². The van der Waals surface area contributed by atoms with Crippen LogP contribution >= 0.6 is 0 Å². The van der Waals surface area contributed by atoms with Crippen LogP contribution in [-0.4, -0.2) is 21.3 Å². The molecule has 1 aromatic rings. The van der Waals surface area contributed by atoms with Crippen LogP contribution in [0.15, 0.2) is 12.1 Å². The molecule has 0 spiro atoms. The number of methoxy groups -OCH3 is 3. The quantitative estimate of drug-likeness (QED) is 0.768. The molecule has 0 amide bonds. The Labute approximate surface area is 92.0 Å². The summed E-state index contributed by atoms with van der Waals surface area (Å²) in [5, 5.41) is 0. The van der Waals surface area contributed by atoms with Gasteiger partial charge in [0.05, 0.1) is 21.3 Å². The molecule has 0 unspecified atom stereocenters. The van der Waals surface area contributed by atoms with Gasteiger partial charge >= 0.3 is 0 Å². The van der Waals surface area contributed by atoms with E-state index in [4.69, 9.17) is 14.2 Å². The second-order valence-electron chi connectivity index (χ2n) is 2.89. The number of hydrogen-bond acceptors (Lipinski definition) is 3. The van der Waals surface area contributed by atoms with Crippen LogP contribution in [0.3, 0.4) is 0 Å². The molecule has 0 aromatic heterocycles. The summed E-state index contributed by atoms with van der Waals surface area (Å²) in [5.41, 5.74) is 1.17. The van der Waals surface area contributed by atoms with Crippen molar-refractivity contribution in [1.82, 2.24) is 0 Å². The van der Waals surface area contributed by atoms with Crippen molar-refractivity contribution in [3.63, 3.8) is 0 Å².